The predicted molar refractivity (Wildman–Crippen MR) is 86.8 cm³/mol. The molecule has 1 aromatic heterocycles. The van der Waals surface area contributed by atoms with Crippen LogP contribution in [0.3, 0.4) is 0 Å². The van der Waals surface area contributed by atoms with Crippen molar-refractivity contribution < 1.29 is 4.79 Å². The van der Waals surface area contributed by atoms with E-state index >= 15 is 0 Å². The summed E-state index contributed by atoms with van der Waals surface area (Å²) < 4.78 is 2.61. The van der Waals surface area contributed by atoms with Crippen LogP contribution >= 0.6 is 15.9 Å². The SMILES string of the molecule is CCCn1ncc(Br)c1C(=O)C1CCNc2ccccc21. The maximum Gasteiger partial charge on any atom is 0.189 e. The Morgan fingerprint density at radius 2 is 2.29 bits per heavy atom. The van der Waals surface area contributed by atoms with Crippen LogP contribution < -0.4 is 5.32 Å². The highest BCUT2D eigenvalue weighted by molar-refractivity contribution is 9.10. The van der Waals surface area contributed by atoms with E-state index < -0.39 is 0 Å². The van der Waals surface area contributed by atoms with Crippen LogP contribution in [-0.2, 0) is 6.54 Å². The number of carbonyl (C=O) groups excluding carboxylic acids is 1. The summed E-state index contributed by atoms with van der Waals surface area (Å²) in [7, 11) is 0. The zero-order valence-corrected chi connectivity index (χ0v) is 13.6. The summed E-state index contributed by atoms with van der Waals surface area (Å²) in [5.74, 6) is 0.0628. The normalized spacial score (nSPS) is 17.1. The molecule has 0 radical (unpaired) electrons. The van der Waals surface area contributed by atoms with Gasteiger partial charge in [-0.1, -0.05) is 25.1 Å². The van der Waals surface area contributed by atoms with Crippen LogP contribution in [0.25, 0.3) is 0 Å². The number of hydrogen-bond donors (Lipinski definition) is 1. The fourth-order valence-corrected chi connectivity index (χ4v) is 3.39. The van der Waals surface area contributed by atoms with Gasteiger partial charge in [0.05, 0.1) is 16.6 Å². The number of fused-ring (bicyclic) bond motifs is 1. The van der Waals surface area contributed by atoms with Gasteiger partial charge in [0.1, 0.15) is 5.69 Å². The van der Waals surface area contributed by atoms with Crippen molar-refractivity contribution >= 4 is 27.4 Å². The van der Waals surface area contributed by atoms with E-state index in [1.165, 1.54) is 0 Å². The number of anilines is 1. The number of aryl methyl sites for hydroxylation is 1. The van der Waals surface area contributed by atoms with Crippen molar-refractivity contribution in [3.63, 3.8) is 0 Å². The first-order valence-corrected chi connectivity index (χ1v) is 8.10. The van der Waals surface area contributed by atoms with Crippen molar-refractivity contribution in [1.29, 1.82) is 0 Å². The molecular weight excluding hydrogens is 330 g/mol. The molecule has 2 aromatic rings. The molecule has 0 bridgehead atoms. The smallest absolute Gasteiger partial charge is 0.189 e. The van der Waals surface area contributed by atoms with Gasteiger partial charge in [-0.15, -0.1) is 0 Å². The third-order valence-electron chi connectivity index (χ3n) is 3.86. The van der Waals surface area contributed by atoms with E-state index in [1.807, 2.05) is 28.9 Å². The van der Waals surface area contributed by atoms with Gasteiger partial charge >= 0.3 is 0 Å². The highest BCUT2D eigenvalue weighted by Gasteiger charge is 2.30. The van der Waals surface area contributed by atoms with Gasteiger partial charge in [0.2, 0.25) is 0 Å². The summed E-state index contributed by atoms with van der Waals surface area (Å²) in [5.41, 5.74) is 2.85. The van der Waals surface area contributed by atoms with Crippen molar-refractivity contribution in [2.45, 2.75) is 32.2 Å². The van der Waals surface area contributed by atoms with Crippen molar-refractivity contribution in [2.75, 3.05) is 11.9 Å². The highest BCUT2D eigenvalue weighted by atomic mass is 79.9. The Morgan fingerprint density at radius 3 is 3.10 bits per heavy atom. The lowest BCUT2D eigenvalue weighted by Gasteiger charge is -2.26. The highest BCUT2D eigenvalue weighted by Crippen LogP contribution is 2.35. The lowest BCUT2D eigenvalue weighted by molar-refractivity contribution is 0.0943. The molecule has 1 aliphatic heterocycles. The van der Waals surface area contributed by atoms with Crippen LogP contribution in [0.15, 0.2) is 34.9 Å². The van der Waals surface area contributed by atoms with Gasteiger partial charge in [-0.25, -0.2) is 0 Å². The summed E-state index contributed by atoms with van der Waals surface area (Å²) in [6, 6.07) is 8.06. The largest absolute Gasteiger partial charge is 0.385 e. The van der Waals surface area contributed by atoms with E-state index in [0.29, 0.717) is 5.69 Å². The molecule has 5 heteroatoms. The van der Waals surface area contributed by atoms with Crippen LogP contribution in [-0.4, -0.2) is 22.1 Å². The van der Waals surface area contributed by atoms with E-state index in [0.717, 1.165) is 41.7 Å². The molecule has 3 rings (SSSR count). The molecule has 0 fully saturated rings. The second-order valence-corrected chi connectivity index (χ2v) is 6.14. The van der Waals surface area contributed by atoms with Crippen LogP contribution in [0, 0.1) is 0 Å². The topological polar surface area (TPSA) is 46.9 Å². The van der Waals surface area contributed by atoms with Gasteiger partial charge in [-0.05, 0) is 40.4 Å². The molecule has 1 aromatic carbocycles. The fourth-order valence-electron chi connectivity index (χ4n) is 2.89. The molecule has 1 aliphatic rings. The predicted octanol–water partition coefficient (Wildman–Crippen LogP) is 3.84. The molecule has 1 N–H and O–H groups in total. The second kappa shape index (κ2) is 6.02. The van der Waals surface area contributed by atoms with Crippen molar-refractivity contribution in [1.82, 2.24) is 9.78 Å². The van der Waals surface area contributed by atoms with Gasteiger partial charge in [0, 0.05) is 18.8 Å². The molecule has 0 saturated carbocycles. The van der Waals surface area contributed by atoms with E-state index in [2.05, 4.69) is 33.3 Å². The number of nitrogens with zero attached hydrogens (tertiary/aromatic N) is 2. The summed E-state index contributed by atoms with van der Waals surface area (Å²) in [5, 5.41) is 7.67. The molecule has 110 valence electrons. The summed E-state index contributed by atoms with van der Waals surface area (Å²) in [4.78, 5) is 13.0. The minimum Gasteiger partial charge on any atom is -0.385 e. The third kappa shape index (κ3) is 2.62. The van der Waals surface area contributed by atoms with Gasteiger partial charge in [0.15, 0.2) is 5.78 Å². The zero-order chi connectivity index (χ0) is 14.8. The van der Waals surface area contributed by atoms with Gasteiger partial charge in [-0.2, -0.15) is 5.10 Å². The summed E-state index contributed by atoms with van der Waals surface area (Å²) in [6.07, 6.45) is 3.49. The van der Waals surface area contributed by atoms with Crippen molar-refractivity contribution in [3.8, 4) is 0 Å². The minimum absolute atomic E-state index is 0.0916. The van der Waals surface area contributed by atoms with Crippen LogP contribution in [0.2, 0.25) is 0 Å². The van der Waals surface area contributed by atoms with Crippen LogP contribution in [0.5, 0.6) is 0 Å². The molecule has 0 saturated heterocycles. The van der Waals surface area contributed by atoms with Gasteiger partial charge in [0.25, 0.3) is 0 Å². The number of benzene rings is 1. The van der Waals surface area contributed by atoms with E-state index in [9.17, 15) is 4.79 Å². The molecule has 1 unspecified atom stereocenters. The lowest BCUT2D eigenvalue weighted by atomic mass is 9.86. The summed E-state index contributed by atoms with van der Waals surface area (Å²) in [6.45, 7) is 3.68. The Labute approximate surface area is 132 Å². The molecule has 1 atom stereocenters. The Morgan fingerprint density at radius 1 is 1.48 bits per heavy atom. The standard InChI is InChI=1S/C16H18BrN3O/c1-2-9-20-15(13(17)10-19-20)16(21)12-7-8-18-14-6-4-3-5-11(12)14/h3-6,10,12,18H,2,7-9H2,1H3. The Bertz CT molecular complexity index is 665. The molecule has 0 aliphatic carbocycles. The van der Waals surface area contributed by atoms with Gasteiger partial charge in [-0.3, -0.25) is 9.48 Å². The first-order valence-electron chi connectivity index (χ1n) is 7.30. The Balaban J connectivity index is 1.99. The maximum atomic E-state index is 13.0. The molecule has 2 heterocycles. The van der Waals surface area contributed by atoms with Gasteiger partial charge < -0.3 is 5.32 Å². The second-order valence-electron chi connectivity index (χ2n) is 5.28. The number of ketones is 1. The monoisotopic (exact) mass is 347 g/mol. The summed E-state index contributed by atoms with van der Waals surface area (Å²) >= 11 is 3.47. The molecule has 21 heavy (non-hydrogen) atoms. The number of rotatable bonds is 4. The lowest BCUT2D eigenvalue weighted by Crippen LogP contribution is -2.25. The first-order chi connectivity index (χ1) is 10.2. The molecule has 4 nitrogen and oxygen atoms in total. The number of carbonyl (C=O) groups is 1. The zero-order valence-electron chi connectivity index (χ0n) is 12.0. The number of halogens is 1. The van der Waals surface area contributed by atoms with Crippen molar-refractivity contribution in [2.24, 2.45) is 0 Å². The third-order valence-corrected chi connectivity index (χ3v) is 4.45. The Kier molecular flexibility index (Phi) is 4.10. The minimum atomic E-state index is -0.0916. The Hall–Kier alpha value is -1.62. The average molecular weight is 348 g/mol. The van der Waals surface area contributed by atoms with E-state index in [4.69, 9.17) is 0 Å². The number of para-hydroxylation sites is 1. The number of Topliss-reactive ketones (excluding diaryl/α,β-unsaturated/α-hetero) is 1. The fraction of sp³-hybridized carbons (Fsp3) is 0.375. The van der Waals surface area contributed by atoms with Crippen molar-refractivity contribution in [3.05, 3.63) is 46.2 Å². The number of hydrogen-bond acceptors (Lipinski definition) is 3. The molecular formula is C16H18BrN3O. The molecule has 0 spiro atoms. The first kappa shape index (κ1) is 14.3. The molecule has 0 amide bonds. The average Bonchev–Trinajstić information content (AvgIpc) is 2.87. The quantitative estimate of drug-likeness (QED) is 0.854. The van der Waals surface area contributed by atoms with Crippen LogP contribution in [0.1, 0.15) is 41.7 Å². The van der Waals surface area contributed by atoms with E-state index in [1.54, 1.807) is 6.20 Å². The number of aromatic nitrogens is 2. The maximum absolute atomic E-state index is 13.0. The number of nitrogens with one attached hydrogen (secondary N) is 1. The van der Waals surface area contributed by atoms with Crippen LogP contribution in [0.4, 0.5) is 5.69 Å². The van der Waals surface area contributed by atoms with E-state index in [-0.39, 0.29) is 11.7 Å².